The van der Waals surface area contributed by atoms with Crippen LogP contribution in [-0.2, 0) is 0 Å². The molecule has 4 rings (SSSR count). The van der Waals surface area contributed by atoms with E-state index in [0.717, 1.165) is 5.56 Å². The smallest absolute Gasteiger partial charge is 0.259 e. The number of methoxy groups -OCH3 is 2. The van der Waals surface area contributed by atoms with Gasteiger partial charge in [0.2, 0.25) is 5.89 Å². The molecule has 7 nitrogen and oxygen atoms in total. The second kappa shape index (κ2) is 7.40. The predicted octanol–water partition coefficient (Wildman–Crippen LogP) is 4.16. The van der Waals surface area contributed by atoms with Crippen molar-refractivity contribution < 1.29 is 18.7 Å². The number of nitrogens with zero attached hydrogens (tertiary/aromatic N) is 2. The minimum atomic E-state index is -0.295. The molecule has 0 spiro atoms. The summed E-state index contributed by atoms with van der Waals surface area (Å²) < 4.78 is 16.2. The Balaban J connectivity index is 1.60. The summed E-state index contributed by atoms with van der Waals surface area (Å²) in [7, 11) is 3.06. The van der Waals surface area contributed by atoms with Crippen LogP contribution >= 0.6 is 0 Å². The number of amides is 1. The Hall–Kier alpha value is -3.87. The highest BCUT2D eigenvalue weighted by Crippen LogP contribution is 2.28. The highest BCUT2D eigenvalue weighted by Gasteiger charge is 2.15. The van der Waals surface area contributed by atoms with Gasteiger partial charge < -0.3 is 19.2 Å². The Morgan fingerprint density at radius 1 is 1.00 bits per heavy atom. The van der Waals surface area contributed by atoms with Crippen LogP contribution in [0.5, 0.6) is 11.5 Å². The average Bonchev–Trinajstić information content (AvgIpc) is 3.17. The summed E-state index contributed by atoms with van der Waals surface area (Å²) in [5.41, 5.74) is 3.11. The van der Waals surface area contributed by atoms with Gasteiger partial charge in [-0.2, -0.15) is 0 Å². The maximum absolute atomic E-state index is 12.7. The van der Waals surface area contributed by atoms with Gasteiger partial charge in [0.25, 0.3) is 5.91 Å². The van der Waals surface area contributed by atoms with E-state index in [4.69, 9.17) is 13.9 Å². The summed E-state index contributed by atoms with van der Waals surface area (Å²) in [6, 6.07) is 14.0. The number of oxazole rings is 1. The Morgan fingerprint density at radius 2 is 1.82 bits per heavy atom. The third-order valence-electron chi connectivity index (χ3n) is 4.23. The zero-order valence-corrected chi connectivity index (χ0v) is 15.3. The molecule has 7 heteroatoms. The molecule has 0 aliphatic rings. The summed E-state index contributed by atoms with van der Waals surface area (Å²) in [5, 5.41) is 2.86. The summed E-state index contributed by atoms with van der Waals surface area (Å²) in [4.78, 5) is 21.2. The first kappa shape index (κ1) is 17.5. The molecule has 0 atom stereocenters. The van der Waals surface area contributed by atoms with E-state index in [9.17, 15) is 4.79 Å². The zero-order valence-electron chi connectivity index (χ0n) is 15.3. The van der Waals surface area contributed by atoms with Gasteiger partial charge in [0.1, 0.15) is 17.0 Å². The maximum Gasteiger partial charge on any atom is 0.259 e. The lowest BCUT2D eigenvalue weighted by molar-refractivity contribution is 0.102. The summed E-state index contributed by atoms with van der Waals surface area (Å²) in [6.45, 7) is 0. The van der Waals surface area contributed by atoms with Crippen molar-refractivity contribution in [2.75, 3.05) is 19.5 Å². The summed E-state index contributed by atoms with van der Waals surface area (Å²) in [5.74, 6) is 1.25. The van der Waals surface area contributed by atoms with Crippen LogP contribution in [0.2, 0.25) is 0 Å². The van der Waals surface area contributed by atoms with Gasteiger partial charge in [-0.05, 0) is 42.5 Å². The van der Waals surface area contributed by atoms with Gasteiger partial charge >= 0.3 is 0 Å². The fourth-order valence-electron chi connectivity index (χ4n) is 2.81. The first-order valence-corrected chi connectivity index (χ1v) is 8.52. The Kier molecular flexibility index (Phi) is 4.63. The molecule has 28 heavy (non-hydrogen) atoms. The molecule has 0 radical (unpaired) electrons. The van der Waals surface area contributed by atoms with E-state index in [1.807, 2.05) is 12.1 Å². The second-order valence-electron chi connectivity index (χ2n) is 5.96. The van der Waals surface area contributed by atoms with E-state index >= 15 is 0 Å². The van der Waals surface area contributed by atoms with Gasteiger partial charge in [-0.1, -0.05) is 0 Å². The van der Waals surface area contributed by atoms with Crippen molar-refractivity contribution in [3.8, 4) is 23.0 Å². The van der Waals surface area contributed by atoms with E-state index in [-0.39, 0.29) is 5.91 Å². The zero-order chi connectivity index (χ0) is 19.5. The van der Waals surface area contributed by atoms with Crippen LogP contribution in [0.15, 0.2) is 65.3 Å². The molecule has 4 aromatic rings. The molecule has 0 fully saturated rings. The molecule has 2 heterocycles. The second-order valence-corrected chi connectivity index (χ2v) is 5.96. The van der Waals surface area contributed by atoms with E-state index < -0.39 is 0 Å². The number of carbonyl (C=O) groups is 1. The molecule has 1 amide bonds. The monoisotopic (exact) mass is 375 g/mol. The fraction of sp³-hybridized carbons (Fsp3) is 0.0952. The van der Waals surface area contributed by atoms with Crippen molar-refractivity contribution in [2.24, 2.45) is 0 Å². The lowest BCUT2D eigenvalue weighted by atomic mass is 10.1. The molecule has 0 aliphatic heterocycles. The third-order valence-corrected chi connectivity index (χ3v) is 4.23. The summed E-state index contributed by atoms with van der Waals surface area (Å²) >= 11 is 0. The standard InChI is InChI=1S/C21H17N3O4/c1-26-15-4-5-16(19(12-15)27-2)20(25)23-14-3-6-18-17(11-14)24-21(28-18)13-7-9-22-10-8-13/h3-12H,1-2H3,(H,23,25). The summed E-state index contributed by atoms with van der Waals surface area (Å²) in [6.07, 6.45) is 3.36. The lowest BCUT2D eigenvalue weighted by Gasteiger charge is -2.10. The number of hydrogen-bond acceptors (Lipinski definition) is 6. The van der Waals surface area contributed by atoms with Crippen molar-refractivity contribution in [3.05, 3.63) is 66.5 Å². The fourth-order valence-corrected chi connectivity index (χ4v) is 2.81. The average molecular weight is 375 g/mol. The number of hydrogen-bond donors (Lipinski definition) is 1. The quantitative estimate of drug-likeness (QED) is 0.564. The molecule has 0 saturated carbocycles. The van der Waals surface area contributed by atoms with Crippen LogP contribution in [0.4, 0.5) is 5.69 Å². The number of carbonyl (C=O) groups excluding carboxylic acids is 1. The lowest BCUT2D eigenvalue weighted by Crippen LogP contribution is -2.13. The highest BCUT2D eigenvalue weighted by molar-refractivity contribution is 6.06. The van der Waals surface area contributed by atoms with E-state index in [0.29, 0.717) is 39.7 Å². The van der Waals surface area contributed by atoms with Crippen LogP contribution in [0.25, 0.3) is 22.6 Å². The molecule has 2 aromatic heterocycles. The van der Waals surface area contributed by atoms with Crippen molar-refractivity contribution in [1.82, 2.24) is 9.97 Å². The largest absolute Gasteiger partial charge is 0.497 e. The van der Waals surface area contributed by atoms with Gasteiger partial charge in [0.15, 0.2) is 5.58 Å². The molecule has 1 N–H and O–H groups in total. The van der Waals surface area contributed by atoms with E-state index in [2.05, 4.69) is 15.3 Å². The molecule has 0 bridgehead atoms. The number of fused-ring (bicyclic) bond motifs is 1. The van der Waals surface area contributed by atoms with Crippen molar-refractivity contribution >= 4 is 22.7 Å². The van der Waals surface area contributed by atoms with Crippen LogP contribution in [0.3, 0.4) is 0 Å². The normalized spacial score (nSPS) is 10.6. The predicted molar refractivity (Wildman–Crippen MR) is 105 cm³/mol. The molecule has 0 aliphatic carbocycles. The molecule has 2 aromatic carbocycles. The number of ether oxygens (including phenoxy) is 2. The number of rotatable bonds is 5. The van der Waals surface area contributed by atoms with Gasteiger partial charge in [0, 0.05) is 29.7 Å². The Morgan fingerprint density at radius 3 is 2.57 bits per heavy atom. The van der Waals surface area contributed by atoms with Crippen LogP contribution in [-0.4, -0.2) is 30.1 Å². The number of aromatic nitrogens is 2. The Labute approximate surface area is 160 Å². The Bertz CT molecular complexity index is 1140. The first-order valence-electron chi connectivity index (χ1n) is 8.52. The van der Waals surface area contributed by atoms with Crippen molar-refractivity contribution in [3.63, 3.8) is 0 Å². The highest BCUT2D eigenvalue weighted by atomic mass is 16.5. The number of nitrogens with one attached hydrogen (secondary N) is 1. The first-order chi connectivity index (χ1) is 13.7. The van der Waals surface area contributed by atoms with Crippen LogP contribution in [0.1, 0.15) is 10.4 Å². The van der Waals surface area contributed by atoms with Gasteiger partial charge in [-0.25, -0.2) is 4.98 Å². The van der Waals surface area contributed by atoms with Crippen LogP contribution < -0.4 is 14.8 Å². The van der Waals surface area contributed by atoms with Gasteiger partial charge in [-0.3, -0.25) is 9.78 Å². The van der Waals surface area contributed by atoms with Gasteiger partial charge in [0.05, 0.1) is 19.8 Å². The minimum Gasteiger partial charge on any atom is -0.497 e. The molecular formula is C21H17N3O4. The third kappa shape index (κ3) is 3.37. The van der Waals surface area contributed by atoms with Crippen molar-refractivity contribution in [2.45, 2.75) is 0 Å². The molecule has 140 valence electrons. The van der Waals surface area contributed by atoms with E-state index in [1.54, 1.807) is 55.9 Å². The number of pyridine rings is 1. The SMILES string of the molecule is COc1ccc(C(=O)Nc2ccc3oc(-c4ccncc4)nc3c2)c(OC)c1. The molecule has 0 unspecified atom stereocenters. The minimum absolute atomic E-state index is 0.295. The maximum atomic E-state index is 12.7. The molecule has 0 saturated heterocycles. The van der Waals surface area contributed by atoms with Crippen LogP contribution in [0, 0.1) is 0 Å². The topological polar surface area (TPSA) is 86.5 Å². The van der Waals surface area contributed by atoms with E-state index in [1.165, 1.54) is 7.11 Å². The van der Waals surface area contributed by atoms with Gasteiger partial charge in [-0.15, -0.1) is 0 Å². The van der Waals surface area contributed by atoms with Crippen molar-refractivity contribution in [1.29, 1.82) is 0 Å². The molecular weight excluding hydrogens is 358 g/mol. The number of anilines is 1. The number of benzene rings is 2.